The molecule has 9 nitrogen and oxygen atoms in total. The highest BCUT2D eigenvalue weighted by molar-refractivity contribution is 5.96. The maximum atomic E-state index is 13.1. The van der Waals surface area contributed by atoms with E-state index in [2.05, 4.69) is 20.2 Å². The van der Waals surface area contributed by atoms with Crippen LogP contribution in [0.3, 0.4) is 0 Å². The molecule has 194 valence electrons. The first-order valence-electron chi connectivity index (χ1n) is 12.6. The maximum absolute atomic E-state index is 13.1. The Morgan fingerprint density at radius 3 is 2.81 bits per heavy atom. The van der Waals surface area contributed by atoms with Crippen LogP contribution in [0.4, 0.5) is 0 Å². The molecule has 4 bridgehead atoms. The Morgan fingerprint density at radius 1 is 1.14 bits per heavy atom. The van der Waals surface area contributed by atoms with Gasteiger partial charge in [-0.1, -0.05) is 18.2 Å². The van der Waals surface area contributed by atoms with E-state index in [1.54, 1.807) is 25.5 Å². The Kier molecular flexibility index (Phi) is 7.25. The standard InChI is InChI=1S/C28H33N5O4/c1-18-7-8-21-12-26(18)37-22-6-4-5-20(11-22)16-36-25-9-10-33(13-23-19(2)29-17-30-23)14-24(25)31-27(34)15-32(3)28(21)35/h4-8,11-12,17,24-25H,9-10,13-16H2,1-3H3,(H,29,30)(H,31,34)/t24-,25+/m0/s1. The van der Waals surface area contributed by atoms with Crippen LogP contribution >= 0.6 is 0 Å². The van der Waals surface area contributed by atoms with Gasteiger partial charge in [-0.3, -0.25) is 14.5 Å². The van der Waals surface area contributed by atoms with E-state index in [1.807, 2.05) is 44.2 Å². The second-order valence-corrected chi connectivity index (χ2v) is 9.91. The molecule has 0 spiro atoms. The van der Waals surface area contributed by atoms with E-state index < -0.39 is 0 Å². The Morgan fingerprint density at radius 2 is 2.00 bits per heavy atom. The van der Waals surface area contributed by atoms with Crippen LogP contribution in [0.5, 0.6) is 11.5 Å². The van der Waals surface area contributed by atoms with Crippen molar-refractivity contribution in [1.29, 1.82) is 0 Å². The SMILES string of the molecule is Cc1ccc2cc1Oc1cccc(c1)CO[C@@H]1CCN(Cc3nc[nH]c3C)C[C@@H]1NC(=O)CN(C)C2=O. The monoisotopic (exact) mass is 503 g/mol. The molecule has 3 aromatic rings. The quantitative estimate of drug-likeness (QED) is 0.557. The van der Waals surface area contributed by atoms with Gasteiger partial charge in [0, 0.05) is 37.9 Å². The number of nitrogens with one attached hydrogen (secondary N) is 2. The summed E-state index contributed by atoms with van der Waals surface area (Å²) in [6.07, 6.45) is 2.31. The van der Waals surface area contributed by atoms with Crippen molar-refractivity contribution in [2.24, 2.45) is 0 Å². The van der Waals surface area contributed by atoms with Crippen LogP contribution in [0.2, 0.25) is 0 Å². The topological polar surface area (TPSA) is 99.8 Å². The molecule has 0 unspecified atom stereocenters. The van der Waals surface area contributed by atoms with E-state index in [4.69, 9.17) is 9.47 Å². The minimum Gasteiger partial charge on any atom is -0.457 e. The molecule has 3 heterocycles. The summed E-state index contributed by atoms with van der Waals surface area (Å²) >= 11 is 0. The van der Waals surface area contributed by atoms with Gasteiger partial charge in [0.1, 0.15) is 11.5 Å². The van der Waals surface area contributed by atoms with Crippen molar-refractivity contribution in [2.45, 2.75) is 45.6 Å². The molecule has 37 heavy (non-hydrogen) atoms. The van der Waals surface area contributed by atoms with Gasteiger partial charge in [0.05, 0.1) is 37.3 Å². The number of piperidine rings is 1. The largest absolute Gasteiger partial charge is 0.457 e. The Balaban J connectivity index is 1.40. The van der Waals surface area contributed by atoms with Gasteiger partial charge in [0.2, 0.25) is 5.91 Å². The number of benzene rings is 2. The summed E-state index contributed by atoms with van der Waals surface area (Å²) in [5, 5.41) is 3.15. The molecule has 2 aromatic carbocycles. The highest BCUT2D eigenvalue weighted by atomic mass is 16.5. The number of likely N-dealkylation sites (tertiary alicyclic amines) is 1. The molecule has 0 radical (unpaired) electrons. The molecule has 2 atom stereocenters. The molecule has 2 aliphatic heterocycles. The fourth-order valence-electron chi connectivity index (χ4n) is 4.87. The van der Waals surface area contributed by atoms with Gasteiger partial charge in [-0.2, -0.15) is 0 Å². The lowest BCUT2D eigenvalue weighted by Crippen LogP contribution is -2.57. The van der Waals surface area contributed by atoms with Crippen molar-refractivity contribution in [1.82, 2.24) is 25.1 Å². The summed E-state index contributed by atoms with van der Waals surface area (Å²) in [6, 6.07) is 12.9. The number of H-pyrrole nitrogens is 1. The first kappa shape index (κ1) is 25.0. The molecule has 5 rings (SSSR count). The fourth-order valence-corrected chi connectivity index (χ4v) is 4.87. The minimum atomic E-state index is -0.243. The van der Waals surface area contributed by atoms with E-state index in [0.717, 1.165) is 35.5 Å². The highest BCUT2D eigenvalue weighted by Gasteiger charge is 2.32. The van der Waals surface area contributed by atoms with Crippen molar-refractivity contribution in [3.05, 3.63) is 76.9 Å². The zero-order valence-electron chi connectivity index (χ0n) is 21.5. The summed E-state index contributed by atoms with van der Waals surface area (Å²) < 4.78 is 12.5. The van der Waals surface area contributed by atoms with Crippen molar-refractivity contribution >= 4 is 11.8 Å². The third-order valence-corrected chi connectivity index (χ3v) is 7.04. The van der Waals surface area contributed by atoms with Gasteiger partial charge in [-0.05, 0) is 55.7 Å². The molecule has 0 aliphatic carbocycles. The van der Waals surface area contributed by atoms with Crippen LogP contribution in [0.25, 0.3) is 0 Å². The number of fused-ring (bicyclic) bond motifs is 5. The average molecular weight is 504 g/mol. The number of carbonyl (C=O) groups excluding carboxylic acids is 2. The molecular weight excluding hydrogens is 470 g/mol. The number of aromatic nitrogens is 2. The fraction of sp³-hybridized carbons (Fsp3) is 0.393. The van der Waals surface area contributed by atoms with Crippen LogP contribution < -0.4 is 10.1 Å². The van der Waals surface area contributed by atoms with E-state index in [0.29, 0.717) is 36.8 Å². The second-order valence-electron chi connectivity index (χ2n) is 9.91. The molecule has 9 heteroatoms. The van der Waals surface area contributed by atoms with E-state index >= 15 is 0 Å². The van der Waals surface area contributed by atoms with Crippen LogP contribution in [-0.4, -0.2) is 70.4 Å². The van der Waals surface area contributed by atoms with Crippen LogP contribution in [0, 0.1) is 13.8 Å². The van der Waals surface area contributed by atoms with Gasteiger partial charge in [0.15, 0.2) is 0 Å². The minimum absolute atomic E-state index is 0.0519. The smallest absolute Gasteiger partial charge is 0.254 e. The first-order chi connectivity index (χ1) is 17.9. The number of ether oxygens (including phenoxy) is 2. The van der Waals surface area contributed by atoms with Gasteiger partial charge in [-0.25, -0.2) is 4.98 Å². The van der Waals surface area contributed by atoms with E-state index in [-0.39, 0.29) is 30.5 Å². The zero-order chi connectivity index (χ0) is 25.9. The van der Waals surface area contributed by atoms with Crippen molar-refractivity contribution in [3.63, 3.8) is 0 Å². The molecule has 1 fully saturated rings. The second kappa shape index (κ2) is 10.7. The summed E-state index contributed by atoms with van der Waals surface area (Å²) in [5.74, 6) is 0.828. The van der Waals surface area contributed by atoms with Gasteiger partial charge in [-0.15, -0.1) is 0 Å². The van der Waals surface area contributed by atoms with E-state index in [9.17, 15) is 9.59 Å². The lowest BCUT2D eigenvalue weighted by molar-refractivity contribution is -0.125. The summed E-state index contributed by atoms with van der Waals surface area (Å²) in [6.45, 7) is 6.46. The molecule has 0 saturated carbocycles. The van der Waals surface area contributed by atoms with Crippen molar-refractivity contribution in [2.75, 3.05) is 26.7 Å². The molecule has 2 amide bonds. The number of likely N-dealkylation sites (N-methyl/N-ethyl adjacent to an activating group) is 1. The number of aromatic amines is 1. The number of aryl methyl sites for hydroxylation is 2. The van der Waals surface area contributed by atoms with Crippen LogP contribution in [0.15, 0.2) is 48.8 Å². The predicted molar refractivity (Wildman–Crippen MR) is 138 cm³/mol. The Bertz CT molecular complexity index is 1290. The van der Waals surface area contributed by atoms with E-state index in [1.165, 1.54) is 4.90 Å². The third-order valence-electron chi connectivity index (χ3n) is 7.04. The first-order valence-corrected chi connectivity index (χ1v) is 12.6. The van der Waals surface area contributed by atoms with Crippen LogP contribution in [-0.2, 0) is 22.7 Å². The molecular formula is C28H33N5O4. The van der Waals surface area contributed by atoms with Gasteiger partial charge >= 0.3 is 0 Å². The highest BCUT2D eigenvalue weighted by Crippen LogP contribution is 2.28. The molecule has 2 aliphatic rings. The normalized spacial score (nSPS) is 21.2. The number of amides is 2. The summed E-state index contributed by atoms with van der Waals surface area (Å²) in [4.78, 5) is 37.5. The Labute approximate surface area is 216 Å². The summed E-state index contributed by atoms with van der Waals surface area (Å²) in [5.41, 5.74) is 4.41. The molecule has 2 N–H and O–H groups in total. The number of carbonyl (C=O) groups is 2. The Hall–Kier alpha value is -3.69. The van der Waals surface area contributed by atoms with Gasteiger partial charge < -0.3 is 24.7 Å². The lowest BCUT2D eigenvalue weighted by atomic mass is 10.0. The number of hydrogen-bond acceptors (Lipinski definition) is 6. The average Bonchev–Trinajstić information content (AvgIpc) is 3.28. The third kappa shape index (κ3) is 5.84. The lowest BCUT2D eigenvalue weighted by Gasteiger charge is -2.38. The van der Waals surface area contributed by atoms with Crippen molar-refractivity contribution < 1.29 is 19.1 Å². The predicted octanol–water partition coefficient (Wildman–Crippen LogP) is 3.18. The number of nitrogens with zero attached hydrogens (tertiary/aromatic N) is 3. The number of hydrogen-bond donors (Lipinski definition) is 2. The zero-order valence-corrected chi connectivity index (χ0v) is 21.5. The number of rotatable bonds is 2. The van der Waals surface area contributed by atoms with Crippen molar-refractivity contribution in [3.8, 4) is 11.5 Å². The molecule has 1 saturated heterocycles. The molecule has 1 aromatic heterocycles. The summed E-state index contributed by atoms with van der Waals surface area (Å²) in [7, 11) is 1.64. The van der Waals surface area contributed by atoms with Crippen LogP contribution in [0.1, 0.15) is 39.3 Å². The van der Waals surface area contributed by atoms with Gasteiger partial charge in [0.25, 0.3) is 5.91 Å². The maximum Gasteiger partial charge on any atom is 0.254 e. The number of imidazole rings is 1.